The Kier molecular flexibility index (Phi) is 8.98. The number of rotatable bonds is 9. The molecule has 130 valence electrons. The first-order valence-corrected chi connectivity index (χ1v) is 8.66. The number of hydrogen-bond donors (Lipinski definition) is 1. The Morgan fingerprint density at radius 1 is 1.23 bits per heavy atom. The Labute approximate surface area is 135 Å². The first kappa shape index (κ1) is 19.4. The first-order valence-electron chi connectivity index (χ1n) is 8.66. The molecule has 1 fully saturated rings. The molecule has 1 heterocycles. The summed E-state index contributed by atoms with van der Waals surface area (Å²) in [5.41, 5.74) is 0. The normalized spacial score (nSPS) is 21.3. The van der Waals surface area contributed by atoms with E-state index in [4.69, 9.17) is 9.47 Å². The molecule has 1 N–H and O–H groups in total. The van der Waals surface area contributed by atoms with E-state index in [9.17, 15) is 4.79 Å². The third kappa shape index (κ3) is 8.11. The van der Waals surface area contributed by atoms with Crippen molar-refractivity contribution >= 4 is 5.97 Å². The Bertz CT molecular complexity index is 321. The van der Waals surface area contributed by atoms with E-state index in [2.05, 4.69) is 37.9 Å². The average Bonchev–Trinajstić information content (AvgIpc) is 2.45. The van der Waals surface area contributed by atoms with Crippen LogP contribution in [0.5, 0.6) is 0 Å². The van der Waals surface area contributed by atoms with Gasteiger partial charge in [-0.2, -0.15) is 0 Å². The van der Waals surface area contributed by atoms with Gasteiger partial charge in [-0.3, -0.25) is 9.69 Å². The van der Waals surface area contributed by atoms with E-state index < -0.39 is 6.29 Å². The van der Waals surface area contributed by atoms with Crippen molar-refractivity contribution in [3.8, 4) is 0 Å². The van der Waals surface area contributed by atoms with E-state index >= 15 is 0 Å². The second-order valence-corrected chi connectivity index (χ2v) is 7.08. The summed E-state index contributed by atoms with van der Waals surface area (Å²) in [5, 5.41) is 3.21. The maximum absolute atomic E-state index is 12.1. The molecule has 1 aliphatic rings. The molecule has 2 unspecified atom stereocenters. The van der Waals surface area contributed by atoms with Gasteiger partial charge in [-0.25, -0.2) is 0 Å². The minimum Gasteiger partial charge on any atom is -0.433 e. The fourth-order valence-corrected chi connectivity index (χ4v) is 2.29. The van der Waals surface area contributed by atoms with Crippen molar-refractivity contribution < 1.29 is 14.3 Å². The molecule has 22 heavy (non-hydrogen) atoms. The zero-order valence-electron chi connectivity index (χ0n) is 14.9. The highest BCUT2D eigenvalue weighted by molar-refractivity contribution is 5.75. The number of nitrogens with zero attached hydrogens (tertiary/aromatic N) is 1. The van der Waals surface area contributed by atoms with E-state index in [0.717, 1.165) is 32.5 Å². The van der Waals surface area contributed by atoms with E-state index in [0.29, 0.717) is 25.0 Å². The van der Waals surface area contributed by atoms with Crippen LogP contribution in [0.3, 0.4) is 0 Å². The van der Waals surface area contributed by atoms with Gasteiger partial charge in [0.05, 0.1) is 13.2 Å². The van der Waals surface area contributed by atoms with Gasteiger partial charge < -0.3 is 14.8 Å². The van der Waals surface area contributed by atoms with Crippen LogP contribution >= 0.6 is 0 Å². The van der Waals surface area contributed by atoms with Gasteiger partial charge >= 0.3 is 5.97 Å². The molecule has 1 saturated heterocycles. The van der Waals surface area contributed by atoms with E-state index in [1.807, 2.05) is 6.92 Å². The number of esters is 1. The highest BCUT2D eigenvalue weighted by atomic mass is 16.7. The lowest BCUT2D eigenvalue weighted by Gasteiger charge is -2.33. The highest BCUT2D eigenvalue weighted by Crippen LogP contribution is 2.10. The third-order valence-electron chi connectivity index (χ3n) is 3.91. The summed E-state index contributed by atoms with van der Waals surface area (Å²) >= 11 is 0. The van der Waals surface area contributed by atoms with Crippen LogP contribution in [-0.2, 0) is 14.3 Å². The lowest BCUT2D eigenvalue weighted by atomic mass is 10.1. The number of nitrogens with one attached hydrogen (secondary N) is 1. The lowest BCUT2D eigenvalue weighted by molar-refractivity contribution is -0.196. The molecule has 0 aromatic rings. The number of carbonyl (C=O) groups is 1. The molecule has 0 radical (unpaired) electrons. The van der Waals surface area contributed by atoms with Gasteiger partial charge in [0, 0.05) is 6.54 Å². The summed E-state index contributed by atoms with van der Waals surface area (Å²) < 4.78 is 11.0. The quantitative estimate of drug-likeness (QED) is 0.662. The number of morpholine rings is 1. The van der Waals surface area contributed by atoms with Gasteiger partial charge in [0.15, 0.2) is 0 Å². The first-order chi connectivity index (χ1) is 10.4. The predicted molar refractivity (Wildman–Crippen MR) is 88.6 cm³/mol. The third-order valence-corrected chi connectivity index (χ3v) is 3.91. The van der Waals surface area contributed by atoms with E-state index in [-0.39, 0.29) is 12.0 Å². The van der Waals surface area contributed by atoms with E-state index in [1.54, 1.807) is 0 Å². The summed E-state index contributed by atoms with van der Waals surface area (Å²) in [6.07, 6.45) is 1.79. The number of carbonyl (C=O) groups excluding carboxylic acids is 1. The topological polar surface area (TPSA) is 50.8 Å². The van der Waals surface area contributed by atoms with Crippen molar-refractivity contribution in [2.45, 2.75) is 59.8 Å². The fraction of sp³-hybridized carbons (Fsp3) is 0.941. The SMILES string of the molecule is CC(C)CCNC(C)C(=O)OC1CN(CCC(C)C)CCO1. The summed E-state index contributed by atoms with van der Waals surface area (Å²) in [7, 11) is 0. The van der Waals surface area contributed by atoms with Crippen LogP contribution in [0.25, 0.3) is 0 Å². The largest absolute Gasteiger partial charge is 0.433 e. The smallest absolute Gasteiger partial charge is 0.325 e. The maximum atomic E-state index is 12.1. The van der Waals surface area contributed by atoms with Crippen LogP contribution in [-0.4, -0.2) is 56.0 Å². The lowest BCUT2D eigenvalue weighted by Crippen LogP contribution is -2.47. The molecule has 2 atom stereocenters. The standard InChI is InChI=1S/C17H34N2O3/c1-13(2)6-8-18-15(5)17(20)22-16-12-19(10-11-21-16)9-7-14(3)4/h13-16,18H,6-12H2,1-5H3. The van der Waals surface area contributed by atoms with Crippen LogP contribution in [0.4, 0.5) is 0 Å². The molecule has 0 aliphatic carbocycles. The molecule has 1 aliphatic heterocycles. The molecule has 0 bridgehead atoms. The molecule has 1 rings (SSSR count). The molecular formula is C17H34N2O3. The van der Waals surface area contributed by atoms with Crippen molar-refractivity contribution in [3.63, 3.8) is 0 Å². The van der Waals surface area contributed by atoms with Crippen molar-refractivity contribution in [2.24, 2.45) is 11.8 Å². The molecule has 0 aromatic heterocycles. The summed E-state index contributed by atoms with van der Waals surface area (Å²) in [5.74, 6) is 1.10. The van der Waals surface area contributed by atoms with Gasteiger partial charge in [0.25, 0.3) is 0 Å². The number of hydrogen-bond acceptors (Lipinski definition) is 5. The summed E-state index contributed by atoms with van der Waals surface area (Å²) in [4.78, 5) is 14.4. The van der Waals surface area contributed by atoms with Crippen LogP contribution < -0.4 is 5.32 Å². The molecular weight excluding hydrogens is 280 g/mol. The van der Waals surface area contributed by atoms with Crippen LogP contribution in [0.2, 0.25) is 0 Å². The average molecular weight is 314 g/mol. The Morgan fingerprint density at radius 2 is 1.91 bits per heavy atom. The minimum atomic E-state index is -0.428. The second kappa shape index (κ2) is 10.2. The fourth-order valence-electron chi connectivity index (χ4n) is 2.29. The van der Waals surface area contributed by atoms with E-state index in [1.165, 1.54) is 0 Å². The molecule has 0 saturated carbocycles. The van der Waals surface area contributed by atoms with Crippen molar-refractivity contribution in [1.29, 1.82) is 0 Å². The van der Waals surface area contributed by atoms with Crippen LogP contribution in [0.15, 0.2) is 0 Å². The molecule has 0 aromatic carbocycles. The van der Waals surface area contributed by atoms with Crippen molar-refractivity contribution in [2.75, 3.05) is 32.8 Å². The zero-order valence-corrected chi connectivity index (χ0v) is 14.9. The molecule has 0 spiro atoms. The Morgan fingerprint density at radius 3 is 2.55 bits per heavy atom. The molecule has 5 heteroatoms. The summed E-state index contributed by atoms with van der Waals surface area (Å²) in [6, 6.07) is -0.284. The van der Waals surface area contributed by atoms with Gasteiger partial charge in [-0.1, -0.05) is 27.7 Å². The van der Waals surface area contributed by atoms with Crippen molar-refractivity contribution in [1.82, 2.24) is 10.2 Å². The molecule has 5 nitrogen and oxygen atoms in total. The predicted octanol–water partition coefficient (Wildman–Crippen LogP) is 2.26. The van der Waals surface area contributed by atoms with Gasteiger partial charge in [0.1, 0.15) is 6.04 Å². The van der Waals surface area contributed by atoms with Gasteiger partial charge in [0.2, 0.25) is 6.29 Å². The van der Waals surface area contributed by atoms with Crippen LogP contribution in [0.1, 0.15) is 47.5 Å². The maximum Gasteiger partial charge on any atom is 0.325 e. The minimum absolute atomic E-state index is 0.223. The highest BCUT2D eigenvalue weighted by Gasteiger charge is 2.25. The Hall–Kier alpha value is -0.650. The monoisotopic (exact) mass is 314 g/mol. The van der Waals surface area contributed by atoms with Gasteiger partial charge in [-0.15, -0.1) is 0 Å². The number of ether oxygens (including phenoxy) is 2. The van der Waals surface area contributed by atoms with Crippen molar-refractivity contribution in [3.05, 3.63) is 0 Å². The van der Waals surface area contributed by atoms with Crippen LogP contribution in [0, 0.1) is 11.8 Å². The molecule has 0 amide bonds. The zero-order chi connectivity index (χ0) is 16.5. The second-order valence-electron chi connectivity index (χ2n) is 7.08. The van der Waals surface area contributed by atoms with Gasteiger partial charge in [-0.05, 0) is 44.7 Å². The Balaban J connectivity index is 2.27. The summed E-state index contributed by atoms with van der Waals surface area (Å²) in [6.45, 7) is 14.7.